The van der Waals surface area contributed by atoms with Crippen LogP contribution in [-0.2, 0) is 14.4 Å². The molecule has 7 heteroatoms. The molecule has 2 aromatic carbocycles. The third kappa shape index (κ3) is 3.44. The summed E-state index contributed by atoms with van der Waals surface area (Å²) < 4.78 is 5.65. The molecule has 1 fully saturated rings. The first-order chi connectivity index (χ1) is 14.1. The fourth-order valence-electron chi connectivity index (χ4n) is 3.97. The molecule has 0 aromatic heterocycles. The number of rotatable bonds is 3. The van der Waals surface area contributed by atoms with Crippen LogP contribution >= 0.6 is 0 Å². The third-order valence-electron chi connectivity index (χ3n) is 5.24. The van der Waals surface area contributed by atoms with Crippen molar-refractivity contribution in [1.82, 2.24) is 5.17 Å². The number of benzene rings is 2. The van der Waals surface area contributed by atoms with Gasteiger partial charge in [0.25, 0.3) is 0 Å². The molecule has 0 amide bonds. The average Bonchev–Trinajstić information content (AvgIpc) is 2.74. The molecule has 0 bridgehead atoms. The maximum absolute atomic E-state index is 11.9. The Morgan fingerprint density at radius 1 is 1.21 bits per heavy atom. The number of hydrogen-bond acceptors (Lipinski definition) is 7. The third-order valence-corrected chi connectivity index (χ3v) is 5.24. The van der Waals surface area contributed by atoms with Crippen molar-refractivity contribution in [3.63, 3.8) is 0 Å². The van der Waals surface area contributed by atoms with E-state index in [1.807, 2.05) is 54.6 Å². The number of carbonyl (C=O) groups is 1. The number of hydrogen-bond donors (Lipinski definition) is 1. The Morgan fingerprint density at radius 3 is 2.66 bits per heavy atom. The van der Waals surface area contributed by atoms with Crippen LogP contribution in [0.4, 0.5) is 5.69 Å². The van der Waals surface area contributed by atoms with E-state index in [-0.39, 0.29) is 17.8 Å². The molecule has 0 spiro atoms. The van der Waals surface area contributed by atoms with Crippen molar-refractivity contribution in [3.8, 4) is 17.2 Å². The fraction of sp³-hybridized carbons (Fsp3) is 0.273. The number of ether oxygens (including phenoxy) is 1. The lowest BCUT2D eigenvalue weighted by Crippen LogP contribution is -2.60. The Bertz CT molecular complexity index is 983. The number of nitrogens with zero attached hydrogens (tertiary/aromatic N) is 3. The van der Waals surface area contributed by atoms with Crippen LogP contribution in [0.5, 0.6) is 0 Å². The zero-order valence-electron chi connectivity index (χ0n) is 16.1. The zero-order chi connectivity index (χ0) is 20.4. The molecule has 0 saturated carbocycles. The van der Waals surface area contributed by atoms with Crippen molar-refractivity contribution in [2.45, 2.75) is 19.4 Å². The van der Waals surface area contributed by atoms with Gasteiger partial charge in [-0.3, -0.25) is 4.79 Å². The van der Waals surface area contributed by atoms with Crippen LogP contribution in [0.25, 0.3) is 11.1 Å². The Kier molecular flexibility index (Phi) is 5.21. The molecule has 2 N–H and O–H groups in total. The summed E-state index contributed by atoms with van der Waals surface area (Å²) >= 11 is 0. The van der Waals surface area contributed by atoms with Crippen LogP contribution in [0.2, 0.25) is 0 Å². The fourth-order valence-corrected chi connectivity index (χ4v) is 3.97. The predicted molar refractivity (Wildman–Crippen MR) is 108 cm³/mol. The molecule has 4 rings (SSSR count). The van der Waals surface area contributed by atoms with Gasteiger partial charge in [-0.15, -0.1) is 0 Å². The van der Waals surface area contributed by atoms with Crippen LogP contribution in [0, 0.1) is 17.2 Å². The van der Waals surface area contributed by atoms with Gasteiger partial charge in [0.15, 0.2) is 0 Å². The Morgan fingerprint density at radius 2 is 1.93 bits per heavy atom. The number of carbonyl (C=O) groups excluding carboxylic acids is 1. The molecule has 1 saturated heterocycles. The molecule has 0 aliphatic carbocycles. The maximum atomic E-state index is 11.9. The number of fused-ring (bicyclic) bond motifs is 1. The van der Waals surface area contributed by atoms with E-state index in [9.17, 15) is 10.1 Å². The van der Waals surface area contributed by atoms with Crippen molar-refractivity contribution in [2.24, 2.45) is 11.7 Å². The quantitative estimate of drug-likeness (QED) is 0.861. The summed E-state index contributed by atoms with van der Waals surface area (Å²) in [6.07, 6.45) is 0.639. The van der Waals surface area contributed by atoms with Crippen LogP contribution in [-0.4, -0.2) is 30.4 Å². The molecule has 2 aromatic rings. The van der Waals surface area contributed by atoms with Gasteiger partial charge >= 0.3 is 5.97 Å². The standard InChI is InChI=1S/C22H22N4O3/c1-15(27)29-26-21-14-28-12-11-18(21)19(13-23)22(24)25(26)20-10-6-5-9-17(20)16-7-3-2-4-8-16/h2-10,18,21H,11-12,14,24H2,1H3. The van der Waals surface area contributed by atoms with Gasteiger partial charge < -0.3 is 15.3 Å². The van der Waals surface area contributed by atoms with Crippen molar-refractivity contribution in [3.05, 3.63) is 66.0 Å². The first kappa shape index (κ1) is 19.0. The van der Waals surface area contributed by atoms with E-state index in [2.05, 4.69) is 6.07 Å². The smallest absolute Gasteiger partial charge is 0.324 e. The first-order valence-electron chi connectivity index (χ1n) is 9.51. The van der Waals surface area contributed by atoms with Crippen molar-refractivity contribution in [1.29, 1.82) is 5.26 Å². The van der Waals surface area contributed by atoms with Crippen LogP contribution in [0.15, 0.2) is 66.0 Å². The Hall–Kier alpha value is -3.34. The lowest BCUT2D eigenvalue weighted by atomic mass is 9.86. The number of para-hydroxylation sites is 1. The van der Waals surface area contributed by atoms with Gasteiger partial charge in [-0.05, 0) is 23.2 Å². The van der Waals surface area contributed by atoms with Crippen LogP contribution in [0.3, 0.4) is 0 Å². The highest BCUT2D eigenvalue weighted by Gasteiger charge is 2.45. The number of nitriles is 1. The summed E-state index contributed by atoms with van der Waals surface area (Å²) in [5, 5.41) is 12.9. The molecule has 2 unspecified atom stereocenters. The summed E-state index contributed by atoms with van der Waals surface area (Å²) in [7, 11) is 0. The highest BCUT2D eigenvalue weighted by molar-refractivity contribution is 5.80. The number of hydrazine groups is 1. The summed E-state index contributed by atoms with van der Waals surface area (Å²) in [5.74, 6) is -0.363. The second-order valence-electron chi connectivity index (χ2n) is 7.03. The van der Waals surface area contributed by atoms with E-state index in [1.54, 1.807) is 5.01 Å². The molecule has 2 aliphatic heterocycles. The second kappa shape index (κ2) is 7.95. The topological polar surface area (TPSA) is 91.8 Å². The van der Waals surface area contributed by atoms with E-state index >= 15 is 0 Å². The number of nitrogens with two attached hydrogens (primary N) is 1. The van der Waals surface area contributed by atoms with Gasteiger partial charge in [0.1, 0.15) is 5.82 Å². The van der Waals surface area contributed by atoms with Crippen molar-refractivity contribution >= 4 is 11.7 Å². The molecule has 7 nitrogen and oxygen atoms in total. The van der Waals surface area contributed by atoms with Crippen LogP contribution < -0.4 is 10.7 Å². The minimum absolute atomic E-state index is 0.159. The summed E-state index contributed by atoms with van der Waals surface area (Å²) in [5.41, 5.74) is 9.59. The minimum atomic E-state index is -0.468. The normalized spacial score (nSPS) is 22.0. The minimum Gasteiger partial charge on any atom is -0.383 e. The Balaban J connectivity index is 1.90. The summed E-state index contributed by atoms with van der Waals surface area (Å²) in [6.45, 7) is 2.22. The zero-order valence-corrected chi connectivity index (χ0v) is 16.1. The van der Waals surface area contributed by atoms with Gasteiger partial charge in [-0.2, -0.15) is 5.26 Å². The van der Waals surface area contributed by atoms with Crippen molar-refractivity contribution < 1.29 is 14.4 Å². The van der Waals surface area contributed by atoms with Gasteiger partial charge in [0, 0.05) is 25.0 Å². The molecular weight excluding hydrogens is 368 g/mol. The van der Waals surface area contributed by atoms with Gasteiger partial charge in [0.05, 0.1) is 30.0 Å². The highest BCUT2D eigenvalue weighted by Crippen LogP contribution is 2.41. The molecular formula is C22H22N4O3. The molecule has 148 valence electrons. The number of anilines is 1. The van der Waals surface area contributed by atoms with Gasteiger partial charge in [-0.1, -0.05) is 48.5 Å². The lowest BCUT2D eigenvalue weighted by molar-refractivity contribution is -0.220. The number of hydroxylamine groups is 1. The first-order valence-corrected chi connectivity index (χ1v) is 9.51. The van der Waals surface area contributed by atoms with Crippen molar-refractivity contribution in [2.75, 3.05) is 18.2 Å². The van der Waals surface area contributed by atoms with E-state index in [4.69, 9.17) is 15.3 Å². The monoisotopic (exact) mass is 390 g/mol. The van der Waals surface area contributed by atoms with E-state index < -0.39 is 5.97 Å². The molecule has 0 radical (unpaired) electrons. The highest BCUT2D eigenvalue weighted by atomic mass is 16.7. The SMILES string of the molecule is CC(=O)ON1C2COCCC2C(C#N)=C(N)N1c1ccccc1-c1ccccc1. The lowest BCUT2D eigenvalue weighted by Gasteiger charge is -2.47. The maximum Gasteiger partial charge on any atom is 0.324 e. The van der Waals surface area contributed by atoms with E-state index in [0.29, 0.717) is 30.9 Å². The summed E-state index contributed by atoms with van der Waals surface area (Å²) in [4.78, 5) is 17.5. The largest absolute Gasteiger partial charge is 0.383 e. The molecule has 2 heterocycles. The van der Waals surface area contributed by atoms with E-state index in [1.165, 1.54) is 12.1 Å². The second-order valence-corrected chi connectivity index (χ2v) is 7.03. The predicted octanol–water partition coefficient (Wildman–Crippen LogP) is 2.97. The Labute approximate surface area is 169 Å². The average molecular weight is 390 g/mol. The summed E-state index contributed by atoms with van der Waals surface area (Å²) in [6, 6.07) is 19.5. The molecule has 2 aliphatic rings. The van der Waals surface area contributed by atoms with Gasteiger partial charge in [-0.25, -0.2) is 5.01 Å². The molecule has 2 atom stereocenters. The van der Waals surface area contributed by atoms with Crippen LogP contribution in [0.1, 0.15) is 13.3 Å². The van der Waals surface area contributed by atoms with E-state index in [0.717, 1.165) is 11.1 Å². The van der Waals surface area contributed by atoms with Gasteiger partial charge in [0.2, 0.25) is 0 Å². The molecule has 29 heavy (non-hydrogen) atoms.